The first kappa shape index (κ1) is 14.0. The summed E-state index contributed by atoms with van der Waals surface area (Å²) in [7, 11) is 0. The van der Waals surface area contributed by atoms with Crippen molar-refractivity contribution in [1.82, 2.24) is 9.97 Å². The normalized spacial score (nSPS) is 25.8. The molecule has 1 aromatic rings. The van der Waals surface area contributed by atoms with Crippen LogP contribution in [0, 0.1) is 6.92 Å². The first-order chi connectivity index (χ1) is 9.13. The van der Waals surface area contributed by atoms with Gasteiger partial charge in [-0.3, -0.25) is 0 Å². The first-order valence-electron chi connectivity index (χ1n) is 6.76. The van der Waals surface area contributed by atoms with Gasteiger partial charge >= 0.3 is 0 Å². The molecule has 1 aromatic heterocycles. The summed E-state index contributed by atoms with van der Waals surface area (Å²) in [5.74, 6) is 1.13. The standard InChI is InChI=1S/C13H22N4O2/c1-4-18-10-7-9(14)12(10)17-13-15-8(3)6-11(16-13)19-5-2/h6,9-10,12H,4-5,7,14H2,1-3H3,(H,15,16,17). The highest BCUT2D eigenvalue weighted by Crippen LogP contribution is 2.25. The lowest BCUT2D eigenvalue weighted by Gasteiger charge is -2.42. The fourth-order valence-electron chi connectivity index (χ4n) is 2.20. The van der Waals surface area contributed by atoms with E-state index in [0.29, 0.717) is 25.0 Å². The van der Waals surface area contributed by atoms with E-state index in [1.54, 1.807) is 0 Å². The van der Waals surface area contributed by atoms with Crippen molar-refractivity contribution in [2.24, 2.45) is 5.73 Å². The molecule has 106 valence electrons. The van der Waals surface area contributed by atoms with Crippen molar-refractivity contribution >= 4 is 5.95 Å². The fourth-order valence-corrected chi connectivity index (χ4v) is 2.20. The summed E-state index contributed by atoms with van der Waals surface area (Å²) in [6.07, 6.45) is 1.01. The minimum atomic E-state index is 0.0660. The lowest BCUT2D eigenvalue weighted by molar-refractivity contribution is -0.0128. The van der Waals surface area contributed by atoms with E-state index < -0.39 is 0 Å². The number of rotatable bonds is 6. The van der Waals surface area contributed by atoms with Crippen LogP contribution in [0.25, 0.3) is 0 Å². The quantitative estimate of drug-likeness (QED) is 0.802. The molecule has 1 saturated carbocycles. The lowest BCUT2D eigenvalue weighted by Crippen LogP contribution is -2.60. The second-order valence-electron chi connectivity index (χ2n) is 4.67. The van der Waals surface area contributed by atoms with Gasteiger partial charge in [0, 0.05) is 24.4 Å². The van der Waals surface area contributed by atoms with Crippen LogP contribution in [0.2, 0.25) is 0 Å². The molecule has 0 aliphatic heterocycles. The molecule has 0 spiro atoms. The van der Waals surface area contributed by atoms with Gasteiger partial charge in [0.15, 0.2) is 0 Å². The topological polar surface area (TPSA) is 82.3 Å². The summed E-state index contributed by atoms with van der Waals surface area (Å²) in [5.41, 5.74) is 6.86. The van der Waals surface area contributed by atoms with Crippen LogP contribution in [0.1, 0.15) is 26.0 Å². The Morgan fingerprint density at radius 3 is 2.79 bits per heavy atom. The summed E-state index contributed by atoms with van der Waals surface area (Å²) >= 11 is 0. The van der Waals surface area contributed by atoms with Gasteiger partial charge in [-0.15, -0.1) is 0 Å². The molecule has 2 rings (SSSR count). The molecule has 0 radical (unpaired) electrons. The third-order valence-electron chi connectivity index (χ3n) is 3.17. The maximum absolute atomic E-state index is 6.00. The molecule has 3 N–H and O–H groups in total. The molecule has 6 nitrogen and oxygen atoms in total. The average molecular weight is 266 g/mol. The Kier molecular flexibility index (Phi) is 4.55. The molecule has 6 heteroatoms. The largest absolute Gasteiger partial charge is 0.478 e. The van der Waals surface area contributed by atoms with E-state index in [2.05, 4.69) is 15.3 Å². The Bertz CT molecular complexity index is 425. The Morgan fingerprint density at radius 2 is 2.16 bits per heavy atom. The van der Waals surface area contributed by atoms with E-state index in [0.717, 1.165) is 12.1 Å². The zero-order valence-electron chi connectivity index (χ0n) is 11.7. The lowest BCUT2D eigenvalue weighted by atomic mass is 9.83. The third-order valence-corrected chi connectivity index (χ3v) is 3.17. The highest BCUT2D eigenvalue weighted by atomic mass is 16.5. The van der Waals surface area contributed by atoms with Crippen LogP contribution >= 0.6 is 0 Å². The Morgan fingerprint density at radius 1 is 1.37 bits per heavy atom. The summed E-state index contributed by atoms with van der Waals surface area (Å²) < 4.78 is 11.0. The number of nitrogens with zero attached hydrogens (tertiary/aromatic N) is 2. The molecule has 1 aliphatic rings. The molecule has 0 amide bonds. The molecule has 0 bridgehead atoms. The Balaban J connectivity index is 2.05. The van der Waals surface area contributed by atoms with Gasteiger partial charge in [-0.25, -0.2) is 4.98 Å². The fraction of sp³-hybridized carbons (Fsp3) is 0.692. The van der Waals surface area contributed by atoms with Crippen LogP contribution in [0.4, 0.5) is 5.95 Å². The van der Waals surface area contributed by atoms with Crippen LogP contribution in [-0.2, 0) is 4.74 Å². The van der Waals surface area contributed by atoms with E-state index in [1.165, 1.54) is 0 Å². The number of ether oxygens (including phenoxy) is 2. The highest BCUT2D eigenvalue weighted by Gasteiger charge is 2.39. The van der Waals surface area contributed by atoms with E-state index >= 15 is 0 Å². The van der Waals surface area contributed by atoms with Gasteiger partial charge in [-0.05, 0) is 27.2 Å². The van der Waals surface area contributed by atoms with Gasteiger partial charge in [0.1, 0.15) is 0 Å². The predicted molar refractivity (Wildman–Crippen MR) is 73.4 cm³/mol. The van der Waals surface area contributed by atoms with Crippen LogP contribution in [0.5, 0.6) is 5.88 Å². The molecule has 0 saturated heterocycles. The monoisotopic (exact) mass is 266 g/mol. The molecule has 1 heterocycles. The second kappa shape index (κ2) is 6.16. The van der Waals surface area contributed by atoms with Gasteiger partial charge in [-0.2, -0.15) is 4.98 Å². The number of hydrogen-bond donors (Lipinski definition) is 2. The summed E-state index contributed by atoms with van der Waals surface area (Å²) in [5, 5.41) is 3.25. The second-order valence-corrected chi connectivity index (χ2v) is 4.67. The number of aromatic nitrogens is 2. The average Bonchev–Trinajstić information content (AvgIpc) is 2.36. The van der Waals surface area contributed by atoms with Crippen molar-refractivity contribution in [3.8, 4) is 5.88 Å². The van der Waals surface area contributed by atoms with Crippen LogP contribution in [0.15, 0.2) is 6.07 Å². The Hall–Kier alpha value is -1.40. The number of anilines is 1. The van der Waals surface area contributed by atoms with Gasteiger partial charge < -0.3 is 20.5 Å². The molecule has 0 aromatic carbocycles. The number of nitrogens with two attached hydrogens (primary N) is 1. The molecule has 19 heavy (non-hydrogen) atoms. The first-order valence-corrected chi connectivity index (χ1v) is 6.76. The van der Waals surface area contributed by atoms with E-state index in [1.807, 2.05) is 26.8 Å². The zero-order chi connectivity index (χ0) is 13.8. The minimum Gasteiger partial charge on any atom is -0.478 e. The van der Waals surface area contributed by atoms with Gasteiger partial charge in [0.2, 0.25) is 11.8 Å². The summed E-state index contributed by atoms with van der Waals surface area (Å²) in [4.78, 5) is 8.67. The summed E-state index contributed by atoms with van der Waals surface area (Å²) in [6, 6.07) is 1.96. The zero-order valence-corrected chi connectivity index (χ0v) is 11.7. The highest BCUT2D eigenvalue weighted by molar-refractivity contribution is 5.34. The molecular formula is C13H22N4O2. The van der Waals surface area contributed by atoms with E-state index in [4.69, 9.17) is 15.2 Å². The molecule has 1 fully saturated rings. The third kappa shape index (κ3) is 3.33. The predicted octanol–water partition coefficient (Wildman–Crippen LogP) is 1.10. The van der Waals surface area contributed by atoms with Crippen molar-refractivity contribution < 1.29 is 9.47 Å². The number of aryl methyl sites for hydroxylation is 1. The van der Waals surface area contributed by atoms with Crippen LogP contribution in [-0.4, -0.2) is 41.4 Å². The van der Waals surface area contributed by atoms with E-state index in [9.17, 15) is 0 Å². The SMILES string of the molecule is CCOc1cc(C)nc(NC2C(N)CC2OCC)n1. The van der Waals surface area contributed by atoms with Gasteiger partial charge in [0.05, 0.1) is 18.8 Å². The molecule has 3 unspecified atom stereocenters. The minimum absolute atomic E-state index is 0.0660. The Labute approximate surface area is 113 Å². The number of hydrogen-bond acceptors (Lipinski definition) is 6. The van der Waals surface area contributed by atoms with Gasteiger partial charge in [-0.1, -0.05) is 0 Å². The maximum Gasteiger partial charge on any atom is 0.226 e. The van der Waals surface area contributed by atoms with Gasteiger partial charge in [0.25, 0.3) is 0 Å². The smallest absolute Gasteiger partial charge is 0.226 e. The van der Waals surface area contributed by atoms with Crippen molar-refractivity contribution in [3.05, 3.63) is 11.8 Å². The van der Waals surface area contributed by atoms with Crippen molar-refractivity contribution in [3.63, 3.8) is 0 Å². The number of nitrogens with one attached hydrogen (secondary N) is 1. The molecular weight excluding hydrogens is 244 g/mol. The van der Waals surface area contributed by atoms with Crippen LogP contribution in [0.3, 0.4) is 0 Å². The molecule has 1 aliphatic carbocycles. The van der Waals surface area contributed by atoms with Crippen molar-refractivity contribution in [1.29, 1.82) is 0 Å². The maximum atomic E-state index is 6.00. The van der Waals surface area contributed by atoms with Crippen molar-refractivity contribution in [2.45, 2.75) is 45.4 Å². The molecule has 3 atom stereocenters. The van der Waals surface area contributed by atoms with E-state index in [-0.39, 0.29) is 18.2 Å². The van der Waals surface area contributed by atoms with Crippen molar-refractivity contribution in [2.75, 3.05) is 18.5 Å². The van der Waals surface area contributed by atoms with Crippen LogP contribution < -0.4 is 15.8 Å². The summed E-state index contributed by atoms with van der Waals surface area (Å²) in [6.45, 7) is 7.10.